The Bertz CT molecular complexity index is 597. The number of nitrogens with two attached hydrogens (primary N) is 3. The highest BCUT2D eigenvalue weighted by Crippen LogP contribution is 2.17. The fraction of sp³-hybridized carbons (Fsp3) is 0.231. The molecule has 1 rings (SSSR count). The minimum absolute atomic E-state index is 0.0393. The zero-order chi connectivity index (χ0) is 16.0. The third-order valence-electron chi connectivity index (χ3n) is 2.61. The van der Waals surface area contributed by atoms with Crippen LogP contribution in [0.2, 0.25) is 0 Å². The van der Waals surface area contributed by atoms with Crippen molar-refractivity contribution in [2.24, 2.45) is 17.2 Å². The number of benzene rings is 1. The maximum Gasteiger partial charge on any atom is 0.346 e. The first kappa shape index (κ1) is 16.6. The number of Topliss-reactive ketones (excluding diaryl/α,β-unsaturated/α-hetero) is 2. The molecule has 0 aliphatic rings. The van der Waals surface area contributed by atoms with Gasteiger partial charge in [0, 0.05) is 11.1 Å². The van der Waals surface area contributed by atoms with Crippen molar-refractivity contribution in [3.8, 4) is 0 Å². The van der Waals surface area contributed by atoms with Crippen molar-refractivity contribution in [2.75, 3.05) is 19.6 Å². The Labute approximate surface area is 120 Å². The van der Waals surface area contributed by atoms with Crippen LogP contribution in [0.15, 0.2) is 18.2 Å². The molecule has 0 amide bonds. The summed E-state index contributed by atoms with van der Waals surface area (Å²) in [5.74, 6) is -3.21. The molecule has 0 aromatic heterocycles. The van der Waals surface area contributed by atoms with Gasteiger partial charge in [0.05, 0.1) is 25.2 Å². The van der Waals surface area contributed by atoms with Gasteiger partial charge in [-0.1, -0.05) is 12.1 Å². The molecule has 0 radical (unpaired) electrons. The monoisotopic (exact) mass is 293 g/mol. The molecule has 0 aliphatic heterocycles. The summed E-state index contributed by atoms with van der Waals surface area (Å²) < 4.78 is 4.45. The van der Waals surface area contributed by atoms with E-state index in [1.54, 1.807) is 0 Å². The molecule has 0 bridgehead atoms. The zero-order valence-corrected chi connectivity index (χ0v) is 11.1. The lowest BCUT2D eigenvalue weighted by molar-refractivity contribution is -0.136. The number of esters is 2. The topological polar surface area (TPSA) is 156 Å². The van der Waals surface area contributed by atoms with Gasteiger partial charge in [-0.3, -0.25) is 14.4 Å². The summed E-state index contributed by atoms with van der Waals surface area (Å²) in [7, 11) is 0. The van der Waals surface area contributed by atoms with Crippen LogP contribution in [0, 0.1) is 0 Å². The van der Waals surface area contributed by atoms with E-state index in [-0.39, 0.29) is 23.2 Å². The molecule has 0 heterocycles. The number of ketones is 2. The highest BCUT2D eigenvalue weighted by molar-refractivity contribution is 6.16. The molecule has 0 fully saturated rings. The maximum atomic E-state index is 11.9. The summed E-state index contributed by atoms with van der Waals surface area (Å²) in [6.45, 7) is -1.25. The second kappa shape index (κ2) is 7.39. The predicted molar refractivity (Wildman–Crippen MR) is 72.7 cm³/mol. The third-order valence-corrected chi connectivity index (χ3v) is 2.61. The van der Waals surface area contributed by atoms with Crippen molar-refractivity contribution >= 4 is 23.5 Å². The molecular weight excluding hydrogens is 278 g/mol. The van der Waals surface area contributed by atoms with E-state index in [0.717, 1.165) is 0 Å². The molecule has 6 N–H and O–H groups in total. The first-order valence-electron chi connectivity index (χ1n) is 6.00. The molecule has 8 heteroatoms. The van der Waals surface area contributed by atoms with Gasteiger partial charge < -0.3 is 21.9 Å². The van der Waals surface area contributed by atoms with Gasteiger partial charge in [-0.25, -0.2) is 4.79 Å². The number of ether oxygens (including phenoxy) is 1. The molecule has 1 aromatic carbocycles. The molecule has 1 aromatic rings. The van der Waals surface area contributed by atoms with Gasteiger partial charge >= 0.3 is 11.9 Å². The Balaban J connectivity index is 3.37. The number of hydrogen-bond acceptors (Lipinski definition) is 8. The second-order valence-corrected chi connectivity index (χ2v) is 3.95. The quantitative estimate of drug-likeness (QED) is 0.329. The van der Waals surface area contributed by atoms with Gasteiger partial charge in [-0.05, 0) is 6.07 Å². The Morgan fingerprint density at radius 3 is 1.95 bits per heavy atom. The number of hydrogen-bond donors (Lipinski definition) is 3. The van der Waals surface area contributed by atoms with Crippen LogP contribution >= 0.6 is 0 Å². The van der Waals surface area contributed by atoms with Crippen LogP contribution in [0.4, 0.5) is 0 Å². The largest absolute Gasteiger partial charge is 0.388 e. The number of carbonyl (C=O) groups excluding carboxylic acids is 4. The predicted octanol–water partition coefficient (Wildman–Crippen LogP) is -1.39. The molecule has 8 nitrogen and oxygen atoms in total. The lowest BCUT2D eigenvalue weighted by Crippen LogP contribution is -2.26. The van der Waals surface area contributed by atoms with Gasteiger partial charge in [0.1, 0.15) is 0 Å². The van der Waals surface area contributed by atoms with E-state index in [0.29, 0.717) is 0 Å². The van der Waals surface area contributed by atoms with E-state index < -0.39 is 36.6 Å². The Morgan fingerprint density at radius 1 is 0.857 bits per heavy atom. The highest BCUT2D eigenvalue weighted by Gasteiger charge is 2.24. The van der Waals surface area contributed by atoms with Crippen molar-refractivity contribution in [1.29, 1.82) is 0 Å². The molecular formula is C13H15N3O5. The molecule has 112 valence electrons. The lowest BCUT2D eigenvalue weighted by atomic mass is 9.94. The molecule has 0 saturated carbocycles. The number of carbonyl (C=O) groups is 4. The summed E-state index contributed by atoms with van der Waals surface area (Å²) >= 11 is 0. The van der Waals surface area contributed by atoms with E-state index >= 15 is 0 Å². The summed E-state index contributed by atoms with van der Waals surface area (Å²) in [6, 6.07) is 3.97. The van der Waals surface area contributed by atoms with Crippen LogP contribution in [0.25, 0.3) is 0 Å². The molecule has 0 aliphatic carbocycles. The first-order chi connectivity index (χ1) is 9.96. The van der Waals surface area contributed by atoms with E-state index in [9.17, 15) is 19.2 Å². The Kier molecular flexibility index (Phi) is 5.85. The normalized spacial score (nSPS) is 10.0. The molecule has 21 heavy (non-hydrogen) atoms. The lowest BCUT2D eigenvalue weighted by Gasteiger charge is -2.11. The van der Waals surface area contributed by atoms with E-state index in [1.165, 1.54) is 18.2 Å². The smallest absolute Gasteiger partial charge is 0.346 e. The zero-order valence-electron chi connectivity index (χ0n) is 11.1. The van der Waals surface area contributed by atoms with Crippen LogP contribution in [-0.2, 0) is 9.53 Å². The van der Waals surface area contributed by atoms with Crippen molar-refractivity contribution in [1.82, 2.24) is 0 Å². The molecule has 0 spiro atoms. The van der Waals surface area contributed by atoms with Crippen molar-refractivity contribution in [3.63, 3.8) is 0 Å². The van der Waals surface area contributed by atoms with Crippen LogP contribution < -0.4 is 17.2 Å². The average Bonchev–Trinajstić information content (AvgIpc) is 2.52. The molecule has 0 atom stereocenters. The van der Waals surface area contributed by atoms with Crippen LogP contribution in [0.5, 0.6) is 0 Å². The minimum Gasteiger partial charge on any atom is -0.388 e. The van der Waals surface area contributed by atoms with E-state index in [1.807, 2.05) is 0 Å². The van der Waals surface area contributed by atoms with Gasteiger partial charge in [-0.15, -0.1) is 0 Å². The van der Waals surface area contributed by atoms with Crippen molar-refractivity contribution in [2.45, 2.75) is 0 Å². The van der Waals surface area contributed by atoms with Crippen LogP contribution in [0.1, 0.15) is 31.1 Å². The fourth-order valence-electron chi connectivity index (χ4n) is 1.67. The number of rotatable bonds is 6. The summed E-state index contributed by atoms with van der Waals surface area (Å²) in [4.78, 5) is 46.6. The Morgan fingerprint density at radius 2 is 1.43 bits per heavy atom. The summed E-state index contributed by atoms with van der Waals surface area (Å²) in [6.07, 6.45) is 0. The van der Waals surface area contributed by atoms with Crippen LogP contribution in [0.3, 0.4) is 0 Å². The van der Waals surface area contributed by atoms with Crippen molar-refractivity contribution < 1.29 is 23.9 Å². The van der Waals surface area contributed by atoms with Crippen LogP contribution in [-0.4, -0.2) is 43.1 Å². The van der Waals surface area contributed by atoms with Crippen molar-refractivity contribution in [3.05, 3.63) is 34.9 Å². The highest BCUT2D eigenvalue weighted by atomic mass is 16.6. The summed E-state index contributed by atoms with van der Waals surface area (Å²) in [5, 5.41) is 0. The third kappa shape index (κ3) is 3.78. The van der Waals surface area contributed by atoms with Gasteiger partial charge in [0.25, 0.3) is 0 Å². The Hall–Kier alpha value is -2.42. The SMILES string of the molecule is NCC(=O)OC(=O)c1cccc(C(=O)CN)c1C(=O)CN. The standard InChI is InChI=1S/C13H15N3O5/c14-4-9(17)7-2-1-3-8(12(7)10(18)5-15)13(20)21-11(19)6-16/h1-3H,4-6,14-16H2. The minimum atomic E-state index is -1.08. The molecule has 0 unspecified atom stereocenters. The maximum absolute atomic E-state index is 11.9. The van der Waals surface area contributed by atoms with Gasteiger partial charge in [-0.2, -0.15) is 0 Å². The first-order valence-corrected chi connectivity index (χ1v) is 6.00. The van der Waals surface area contributed by atoms with Gasteiger partial charge in [0.15, 0.2) is 11.6 Å². The second-order valence-electron chi connectivity index (χ2n) is 3.95. The molecule has 0 saturated heterocycles. The van der Waals surface area contributed by atoms with E-state index in [2.05, 4.69) is 4.74 Å². The fourth-order valence-corrected chi connectivity index (χ4v) is 1.67. The summed E-state index contributed by atoms with van der Waals surface area (Å²) in [5.41, 5.74) is 15.1. The van der Waals surface area contributed by atoms with E-state index in [4.69, 9.17) is 17.2 Å². The van der Waals surface area contributed by atoms with Gasteiger partial charge in [0.2, 0.25) is 0 Å². The average molecular weight is 293 g/mol.